The number of fused-ring (bicyclic) bond motifs is 12. The second kappa shape index (κ2) is 15.0. The Hall–Kier alpha value is -9.45. The quantitative estimate of drug-likeness (QED) is 0.164. The van der Waals surface area contributed by atoms with E-state index in [1.165, 1.54) is 15.2 Å². The molecule has 15 aromatic rings. The zero-order chi connectivity index (χ0) is 59.8. The molecule has 5 heteroatoms. The van der Waals surface area contributed by atoms with Gasteiger partial charge in [-0.3, -0.25) is 4.57 Å². The van der Waals surface area contributed by atoms with Crippen molar-refractivity contribution in [1.82, 2.24) is 23.3 Å². The minimum absolute atomic E-state index is 0.00101. The minimum atomic E-state index is -0.671. The molecule has 0 amide bonds. The zero-order valence-corrected chi connectivity index (χ0v) is 36.7. The number of pyridine rings is 1. The van der Waals surface area contributed by atoms with Gasteiger partial charge in [-0.2, -0.15) is 0 Å². The Bertz CT molecular complexity index is 5180. The van der Waals surface area contributed by atoms with Gasteiger partial charge >= 0.3 is 0 Å². The molecular formula is C65H41N5. The van der Waals surface area contributed by atoms with Crippen LogP contribution in [0.3, 0.4) is 0 Å². The van der Waals surface area contributed by atoms with E-state index in [1.54, 1.807) is 6.07 Å². The molecule has 5 aromatic heterocycles. The molecule has 0 unspecified atom stereocenters. The van der Waals surface area contributed by atoms with Gasteiger partial charge in [0.1, 0.15) is 5.82 Å². The number of benzene rings is 10. The lowest BCUT2D eigenvalue weighted by Gasteiger charge is -2.20. The summed E-state index contributed by atoms with van der Waals surface area (Å²) in [5.74, 6) is -0.186. The molecule has 0 N–H and O–H groups in total. The first-order valence-electron chi connectivity index (χ1n) is 30.7. The summed E-state index contributed by atoms with van der Waals surface area (Å²) >= 11 is 0. The van der Waals surface area contributed by atoms with Gasteiger partial charge in [0.15, 0.2) is 0 Å². The van der Waals surface area contributed by atoms with Gasteiger partial charge in [-0.15, -0.1) is 0 Å². The first-order valence-corrected chi connectivity index (χ1v) is 22.7. The monoisotopic (exact) mass is 907 g/mol. The van der Waals surface area contributed by atoms with Crippen LogP contribution in [0.25, 0.3) is 132 Å². The lowest BCUT2D eigenvalue weighted by atomic mass is 9.94. The van der Waals surface area contributed by atoms with Crippen LogP contribution in [0.1, 0.15) is 21.9 Å². The number of rotatable bonds is 6. The third kappa shape index (κ3) is 5.57. The van der Waals surface area contributed by atoms with E-state index >= 15 is 0 Å². The number of hydrogen-bond donors (Lipinski definition) is 0. The first kappa shape index (κ1) is 26.2. The molecule has 0 aliphatic heterocycles. The Morgan fingerprint density at radius 2 is 0.786 bits per heavy atom. The smallest absolute Gasteiger partial charge is 0.140 e. The number of aromatic nitrogens is 5. The van der Waals surface area contributed by atoms with Crippen LogP contribution in [0.15, 0.2) is 248 Å². The molecule has 0 radical (unpaired) electrons. The molecule has 0 bridgehead atoms. The Balaban J connectivity index is 1.17. The molecule has 0 spiro atoms. The van der Waals surface area contributed by atoms with Gasteiger partial charge in [0.05, 0.1) is 83.1 Å². The second-order valence-electron chi connectivity index (χ2n) is 17.1. The molecule has 0 saturated heterocycles. The van der Waals surface area contributed by atoms with Gasteiger partial charge in [0, 0.05) is 60.4 Å². The van der Waals surface area contributed by atoms with E-state index in [4.69, 9.17) is 16.0 Å². The van der Waals surface area contributed by atoms with Crippen molar-refractivity contribution in [2.75, 3.05) is 0 Å². The van der Waals surface area contributed by atoms with E-state index in [-0.39, 0.29) is 60.8 Å². The predicted octanol–water partition coefficient (Wildman–Crippen LogP) is 16.8. The van der Waals surface area contributed by atoms with Crippen molar-refractivity contribution in [2.24, 2.45) is 0 Å². The highest BCUT2D eigenvalue weighted by atomic mass is 15.1. The van der Waals surface area contributed by atoms with Crippen LogP contribution in [0.4, 0.5) is 0 Å². The van der Waals surface area contributed by atoms with Crippen molar-refractivity contribution in [3.05, 3.63) is 248 Å². The van der Waals surface area contributed by atoms with E-state index < -0.39 is 96.7 Å². The lowest BCUT2D eigenvalue weighted by molar-refractivity contribution is 1.06. The largest absolute Gasteiger partial charge is 0.309 e. The maximum absolute atomic E-state index is 9.60. The fourth-order valence-corrected chi connectivity index (χ4v) is 10.6. The van der Waals surface area contributed by atoms with Gasteiger partial charge < -0.3 is 13.7 Å². The van der Waals surface area contributed by atoms with Crippen LogP contribution >= 0.6 is 0 Å². The highest BCUT2D eigenvalue weighted by Gasteiger charge is 2.24. The maximum atomic E-state index is 9.60. The number of nitrogens with zero attached hydrogens (tertiary/aromatic N) is 5. The molecule has 0 aliphatic carbocycles. The predicted molar refractivity (Wildman–Crippen MR) is 292 cm³/mol. The molecule has 5 nitrogen and oxygen atoms in total. The average molecular weight is 908 g/mol. The Labute approximate surface area is 425 Å². The van der Waals surface area contributed by atoms with Crippen molar-refractivity contribution >= 4 is 87.2 Å². The normalized spacial score (nSPS) is 15.2. The van der Waals surface area contributed by atoms with Crippen molar-refractivity contribution < 1.29 is 21.9 Å². The summed E-state index contributed by atoms with van der Waals surface area (Å²) < 4.78 is 154. The van der Waals surface area contributed by atoms with E-state index in [0.717, 1.165) is 54.9 Å². The summed E-state index contributed by atoms with van der Waals surface area (Å²) in [7, 11) is 0. The van der Waals surface area contributed by atoms with Crippen LogP contribution in [0.2, 0.25) is 0 Å². The summed E-state index contributed by atoms with van der Waals surface area (Å²) in [4.78, 5) is 5.50. The van der Waals surface area contributed by atoms with Crippen LogP contribution < -0.4 is 0 Å². The van der Waals surface area contributed by atoms with Crippen LogP contribution in [0.5, 0.6) is 0 Å². The summed E-state index contributed by atoms with van der Waals surface area (Å²) in [6.45, 7) is 0. The van der Waals surface area contributed by atoms with E-state index in [1.807, 2.05) is 115 Å². The lowest BCUT2D eigenvalue weighted by Crippen LogP contribution is -2.06. The van der Waals surface area contributed by atoms with Gasteiger partial charge in [-0.1, -0.05) is 164 Å². The standard InChI is InChI=1S/C65H41N5/c1-2-19-43(20-3-1)67-57-31-13-10-27-52(57)53-39-42(37-38-62(53)67)45-28-18-36-63(69-58-32-14-6-23-48(58)49-24-7-15-33-59(49)69)65(45)54-40-44(68-55-29-11-4-21-46(55)47-22-5-12-30-56(47)68)41-64(66-54)70-60-34-16-8-25-50(60)51-26-9-17-35-61(51)70/h1-41H/i4D,5D,8D,9D,11D,12D,16D,17D,21D,22D,25D,26D,29D,30D,34D,35D. The molecule has 326 valence electrons. The second-order valence-corrected chi connectivity index (χ2v) is 17.1. The fourth-order valence-electron chi connectivity index (χ4n) is 10.6. The Morgan fingerprint density at radius 1 is 0.314 bits per heavy atom. The Morgan fingerprint density at radius 3 is 1.37 bits per heavy atom. The van der Waals surface area contributed by atoms with Crippen LogP contribution in [-0.2, 0) is 0 Å². The van der Waals surface area contributed by atoms with Crippen molar-refractivity contribution in [3.8, 4) is 45.3 Å². The summed E-state index contributed by atoms with van der Waals surface area (Å²) in [5, 5.41) is 2.90. The molecule has 70 heavy (non-hydrogen) atoms. The molecule has 0 fully saturated rings. The topological polar surface area (TPSA) is 32.6 Å². The molecule has 0 saturated carbocycles. The molecule has 0 aliphatic rings. The molecule has 15 rings (SSSR count). The minimum Gasteiger partial charge on any atom is -0.309 e. The van der Waals surface area contributed by atoms with Crippen molar-refractivity contribution in [1.29, 1.82) is 0 Å². The van der Waals surface area contributed by atoms with Crippen LogP contribution in [0, 0.1) is 0 Å². The van der Waals surface area contributed by atoms with Crippen molar-refractivity contribution in [2.45, 2.75) is 0 Å². The van der Waals surface area contributed by atoms with Gasteiger partial charge in [0.2, 0.25) is 0 Å². The van der Waals surface area contributed by atoms with Gasteiger partial charge in [-0.05, 0) is 89.9 Å². The summed E-state index contributed by atoms with van der Waals surface area (Å²) in [5.41, 5.74) is 6.04. The SMILES string of the molecule is [2H]c1c([2H])c([2H])c2c(c1[2H])c1c([2H])c([2H])c([2H])c([2H])c1n2-c1cc(-c2c(-c3ccc4c(c3)c3ccccc3n4-c3ccccc3)cccc2-n2c3ccccc3c3ccccc32)nc(-n2c3c([2H])c([2H])c([2H])c([2H])c3c3c([2H])c([2H])c([2H])c([2H])c32)c1. The summed E-state index contributed by atoms with van der Waals surface area (Å²) in [6.07, 6.45) is 0. The third-order valence-electron chi connectivity index (χ3n) is 13.5. The number of hydrogen-bond acceptors (Lipinski definition) is 1. The van der Waals surface area contributed by atoms with E-state index in [0.29, 0.717) is 16.8 Å². The van der Waals surface area contributed by atoms with E-state index in [9.17, 15) is 11.0 Å². The van der Waals surface area contributed by atoms with Gasteiger partial charge in [-0.25, -0.2) is 4.98 Å². The van der Waals surface area contributed by atoms with Gasteiger partial charge in [0.25, 0.3) is 0 Å². The highest BCUT2D eigenvalue weighted by Crippen LogP contribution is 2.45. The first-order chi connectivity index (χ1) is 41.4. The highest BCUT2D eigenvalue weighted by molar-refractivity contribution is 6.14. The average Bonchev–Trinajstić information content (AvgIpc) is 1.58. The third-order valence-corrected chi connectivity index (χ3v) is 13.5. The van der Waals surface area contributed by atoms with E-state index in [2.05, 4.69) is 33.4 Å². The molecule has 0 atom stereocenters. The number of para-hydroxylation sites is 8. The fraction of sp³-hybridized carbons (Fsp3) is 0. The Kier molecular flexibility index (Phi) is 5.62. The zero-order valence-electron chi connectivity index (χ0n) is 52.7. The van der Waals surface area contributed by atoms with Crippen LogP contribution in [-0.4, -0.2) is 23.3 Å². The van der Waals surface area contributed by atoms with Crippen molar-refractivity contribution in [3.63, 3.8) is 0 Å². The molecular weight excluding hydrogens is 851 g/mol. The molecule has 5 heterocycles. The summed E-state index contributed by atoms with van der Waals surface area (Å²) in [6, 6.07) is 39.1. The molecule has 10 aromatic carbocycles. The maximum Gasteiger partial charge on any atom is 0.140 e.